The Kier molecular flexibility index (Phi) is 6.30. The smallest absolute Gasteiger partial charge is 0.360 e. The van der Waals surface area contributed by atoms with Crippen LogP contribution in [-0.4, -0.2) is 33.6 Å². The van der Waals surface area contributed by atoms with Gasteiger partial charge in [-0.05, 0) is 36.4 Å². The molecule has 0 fully saturated rings. The number of fused-ring (bicyclic) bond motifs is 1. The van der Waals surface area contributed by atoms with Crippen LogP contribution in [0.4, 0.5) is 39.4 Å². The topological polar surface area (TPSA) is 94.7 Å². The third kappa shape index (κ3) is 5.57. The Morgan fingerprint density at radius 1 is 1.00 bits per heavy atom. The van der Waals surface area contributed by atoms with Crippen LogP contribution in [0, 0.1) is 11.6 Å². The molecule has 0 aliphatic heterocycles. The fraction of sp³-hybridized carbons (Fsp3) is 0.136. The predicted octanol–water partition coefficient (Wildman–Crippen LogP) is 4.88. The van der Waals surface area contributed by atoms with Crippen molar-refractivity contribution >= 4 is 34.4 Å². The molecule has 2 aromatic carbocycles. The van der Waals surface area contributed by atoms with Gasteiger partial charge in [-0.15, -0.1) is 0 Å². The number of hydrogen-bond donors (Lipinski definition) is 4. The second-order valence-corrected chi connectivity index (χ2v) is 7.23. The van der Waals surface area contributed by atoms with Gasteiger partial charge in [0.15, 0.2) is 0 Å². The van der Waals surface area contributed by atoms with Gasteiger partial charge in [-0.1, -0.05) is 6.07 Å². The summed E-state index contributed by atoms with van der Waals surface area (Å²) < 4.78 is 64.5. The number of aromatic nitrogens is 3. The molecule has 0 unspecified atom stereocenters. The number of benzene rings is 2. The molecule has 4 N–H and O–H groups in total. The maximum absolute atomic E-state index is 13.7. The molecular weight excluding hydrogens is 459 g/mol. The molecule has 176 valence electrons. The Bertz CT molecular complexity index is 1320. The zero-order chi connectivity index (χ0) is 24.3. The number of carbonyl (C=O) groups is 1. The lowest BCUT2D eigenvalue weighted by Crippen LogP contribution is -2.23. The van der Waals surface area contributed by atoms with Crippen molar-refractivity contribution in [1.29, 1.82) is 0 Å². The molecule has 0 aliphatic carbocycles. The minimum Gasteiger partial charge on any atom is -0.360 e. The van der Waals surface area contributed by atoms with E-state index < -0.39 is 30.3 Å². The van der Waals surface area contributed by atoms with Gasteiger partial charge >= 0.3 is 6.18 Å². The van der Waals surface area contributed by atoms with Crippen LogP contribution in [0.15, 0.2) is 54.7 Å². The lowest BCUT2D eigenvalue weighted by Gasteiger charge is -2.12. The molecule has 1 amide bonds. The van der Waals surface area contributed by atoms with Gasteiger partial charge in [0.1, 0.15) is 29.6 Å². The van der Waals surface area contributed by atoms with E-state index in [4.69, 9.17) is 0 Å². The minimum absolute atomic E-state index is 0.00935. The van der Waals surface area contributed by atoms with Crippen LogP contribution in [0.2, 0.25) is 0 Å². The standard InChI is InChI=1S/C22H17F5N6O/c23-14-4-1-13(17(24)9-14)10-29-20(34)12-2-5-15(6-3-12)31-21-32-18-16(7-8-28-18)19(33-21)30-11-22(25,26)27/h1-9H,10-11H2,(H,29,34)(H3,28,30,31,32,33). The molecule has 4 aromatic rings. The lowest BCUT2D eigenvalue weighted by molar-refractivity contribution is -0.115. The Morgan fingerprint density at radius 3 is 2.47 bits per heavy atom. The van der Waals surface area contributed by atoms with E-state index in [0.717, 1.165) is 12.1 Å². The molecule has 0 radical (unpaired) electrons. The number of H-pyrrole nitrogens is 1. The molecule has 0 saturated carbocycles. The van der Waals surface area contributed by atoms with E-state index in [1.807, 2.05) is 0 Å². The Balaban J connectivity index is 1.43. The fourth-order valence-corrected chi connectivity index (χ4v) is 3.09. The Morgan fingerprint density at radius 2 is 1.76 bits per heavy atom. The van der Waals surface area contributed by atoms with E-state index in [1.165, 1.54) is 24.4 Å². The van der Waals surface area contributed by atoms with Gasteiger partial charge in [-0.2, -0.15) is 23.1 Å². The summed E-state index contributed by atoms with van der Waals surface area (Å²) >= 11 is 0. The second kappa shape index (κ2) is 9.33. The summed E-state index contributed by atoms with van der Waals surface area (Å²) in [6.07, 6.45) is -2.88. The first-order valence-corrected chi connectivity index (χ1v) is 9.93. The van der Waals surface area contributed by atoms with Crippen LogP contribution in [0.25, 0.3) is 11.0 Å². The van der Waals surface area contributed by atoms with E-state index in [-0.39, 0.29) is 29.4 Å². The fourth-order valence-electron chi connectivity index (χ4n) is 3.09. The number of nitrogens with zero attached hydrogens (tertiary/aromatic N) is 2. The molecule has 7 nitrogen and oxygen atoms in total. The number of amides is 1. The first-order chi connectivity index (χ1) is 16.2. The van der Waals surface area contributed by atoms with Crippen molar-refractivity contribution in [3.8, 4) is 0 Å². The third-order valence-electron chi connectivity index (χ3n) is 4.73. The van der Waals surface area contributed by atoms with Crippen LogP contribution in [0.3, 0.4) is 0 Å². The first kappa shape index (κ1) is 23.0. The number of carbonyl (C=O) groups excluding carboxylic acids is 1. The molecule has 34 heavy (non-hydrogen) atoms. The molecule has 0 saturated heterocycles. The molecule has 0 bridgehead atoms. The third-order valence-corrected chi connectivity index (χ3v) is 4.73. The van der Waals surface area contributed by atoms with Crippen molar-refractivity contribution < 1.29 is 26.7 Å². The summed E-state index contributed by atoms with van der Waals surface area (Å²) in [4.78, 5) is 23.5. The average Bonchev–Trinajstić information content (AvgIpc) is 3.25. The number of alkyl halides is 3. The maximum atomic E-state index is 13.7. The number of aromatic amines is 1. The summed E-state index contributed by atoms with van der Waals surface area (Å²) in [7, 11) is 0. The number of rotatable bonds is 7. The summed E-state index contributed by atoms with van der Waals surface area (Å²) in [6.45, 7) is -1.38. The monoisotopic (exact) mass is 476 g/mol. The summed E-state index contributed by atoms with van der Waals surface area (Å²) in [6, 6.07) is 10.7. The second-order valence-electron chi connectivity index (χ2n) is 7.23. The first-order valence-electron chi connectivity index (χ1n) is 9.93. The van der Waals surface area contributed by atoms with Crippen LogP contribution < -0.4 is 16.0 Å². The maximum Gasteiger partial charge on any atom is 0.405 e. The summed E-state index contributed by atoms with van der Waals surface area (Å²) in [5.41, 5.74) is 1.24. The summed E-state index contributed by atoms with van der Waals surface area (Å²) in [5.74, 6) is -1.89. The van der Waals surface area contributed by atoms with E-state index >= 15 is 0 Å². The van der Waals surface area contributed by atoms with Crippen LogP contribution in [-0.2, 0) is 6.54 Å². The highest BCUT2D eigenvalue weighted by Gasteiger charge is 2.27. The van der Waals surface area contributed by atoms with Crippen molar-refractivity contribution in [1.82, 2.24) is 20.3 Å². The predicted molar refractivity (Wildman–Crippen MR) is 116 cm³/mol. The quantitative estimate of drug-likeness (QED) is 0.285. The molecule has 12 heteroatoms. The average molecular weight is 476 g/mol. The lowest BCUT2D eigenvalue weighted by atomic mass is 10.1. The number of anilines is 3. The van der Waals surface area contributed by atoms with Crippen molar-refractivity contribution in [2.45, 2.75) is 12.7 Å². The van der Waals surface area contributed by atoms with Gasteiger partial charge in [-0.3, -0.25) is 4.79 Å². The minimum atomic E-state index is -4.42. The van der Waals surface area contributed by atoms with Crippen molar-refractivity contribution in [2.75, 3.05) is 17.2 Å². The molecule has 2 aromatic heterocycles. The van der Waals surface area contributed by atoms with Gasteiger partial charge in [0.05, 0.1) is 5.39 Å². The normalized spacial score (nSPS) is 11.4. The van der Waals surface area contributed by atoms with Crippen molar-refractivity contribution in [3.63, 3.8) is 0 Å². The largest absolute Gasteiger partial charge is 0.405 e. The zero-order valence-electron chi connectivity index (χ0n) is 17.3. The molecule has 0 aliphatic rings. The van der Waals surface area contributed by atoms with Crippen LogP contribution in [0.5, 0.6) is 0 Å². The van der Waals surface area contributed by atoms with Crippen molar-refractivity contribution in [3.05, 3.63) is 77.5 Å². The number of nitrogens with one attached hydrogen (secondary N) is 4. The highest BCUT2D eigenvalue weighted by Crippen LogP contribution is 2.25. The van der Waals surface area contributed by atoms with E-state index in [2.05, 4.69) is 30.9 Å². The molecule has 0 spiro atoms. The number of halogens is 5. The Hall–Kier alpha value is -4.22. The van der Waals surface area contributed by atoms with E-state index in [0.29, 0.717) is 16.7 Å². The zero-order valence-corrected chi connectivity index (χ0v) is 17.3. The van der Waals surface area contributed by atoms with Crippen LogP contribution >= 0.6 is 0 Å². The molecule has 0 atom stereocenters. The highest BCUT2D eigenvalue weighted by atomic mass is 19.4. The van der Waals surface area contributed by atoms with Gasteiger partial charge < -0.3 is 20.9 Å². The van der Waals surface area contributed by atoms with Gasteiger partial charge in [0, 0.05) is 35.6 Å². The Labute approximate surface area is 189 Å². The highest BCUT2D eigenvalue weighted by molar-refractivity contribution is 5.94. The SMILES string of the molecule is O=C(NCc1ccc(F)cc1F)c1ccc(Nc2nc(NCC(F)(F)F)c3cc[nH]c3n2)cc1. The van der Waals surface area contributed by atoms with E-state index in [9.17, 15) is 26.7 Å². The van der Waals surface area contributed by atoms with Gasteiger partial charge in [-0.25, -0.2) is 8.78 Å². The van der Waals surface area contributed by atoms with E-state index in [1.54, 1.807) is 18.2 Å². The number of hydrogen-bond acceptors (Lipinski definition) is 5. The molecule has 4 rings (SSSR count). The van der Waals surface area contributed by atoms with Gasteiger partial charge in [0.25, 0.3) is 5.91 Å². The van der Waals surface area contributed by atoms with Crippen LogP contribution in [0.1, 0.15) is 15.9 Å². The summed E-state index contributed by atoms with van der Waals surface area (Å²) in [5, 5.41) is 8.09. The van der Waals surface area contributed by atoms with Gasteiger partial charge in [0.2, 0.25) is 5.95 Å². The van der Waals surface area contributed by atoms with Crippen molar-refractivity contribution in [2.24, 2.45) is 0 Å². The molecule has 2 heterocycles. The molecular formula is C22H17F5N6O.